The first-order valence-corrected chi connectivity index (χ1v) is 6.73. The fraction of sp³-hybridized carbons (Fsp3) is 0.250. The first-order valence-electron chi connectivity index (χ1n) is 5.65. The number of hydrogen-bond acceptors (Lipinski definition) is 4. The lowest BCUT2D eigenvalue weighted by Gasteiger charge is -2.14. The molecule has 1 heterocycles. The van der Waals surface area contributed by atoms with Crippen molar-refractivity contribution in [2.75, 3.05) is 5.32 Å². The van der Waals surface area contributed by atoms with E-state index in [0.717, 1.165) is 5.56 Å². The van der Waals surface area contributed by atoms with Crippen LogP contribution in [0, 0.1) is 3.70 Å². The van der Waals surface area contributed by atoms with Gasteiger partial charge >= 0.3 is 6.09 Å². The second-order valence-electron chi connectivity index (χ2n) is 3.94. The van der Waals surface area contributed by atoms with Gasteiger partial charge in [-0.2, -0.15) is 0 Å². The van der Waals surface area contributed by atoms with Crippen molar-refractivity contribution in [3.8, 4) is 0 Å². The second-order valence-corrected chi connectivity index (χ2v) is 4.96. The molecule has 1 atom stereocenters. The minimum atomic E-state index is -0.528. The van der Waals surface area contributed by atoms with E-state index in [9.17, 15) is 4.79 Å². The van der Waals surface area contributed by atoms with Crippen LogP contribution in [0.4, 0.5) is 10.6 Å². The van der Waals surface area contributed by atoms with E-state index in [4.69, 9.17) is 4.74 Å². The number of rotatable bonds is 3. The summed E-state index contributed by atoms with van der Waals surface area (Å²) in [5, 5.41) is 10.3. The number of aryl methyl sites for hydroxylation is 1. The van der Waals surface area contributed by atoms with Crippen LogP contribution in [0.2, 0.25) is 0 Å². The molecule has 0 aliphatic rings. The summed E-state index contributed by atoms with van der Waals surface area (Å²) in [7, 11) is 1.70. The molecule has 7 heteroatoms. The van der Waals surface area contributed by atoms with Crippen LogP contribution < -0.4 is 5.32 Å². The molecule has 1 aromatic carbocycles. The van der Waals surface area contributed by atoms with Gasteiger partial charge in [0.1, 0.15) is 6.10 Å². The van der Waals surface area contributed by atoms with Gasteiger partial charge in [-0.3, -0.25) is 5.32 Å². The number of anilines is 1. The molecular formula is C12H13IN4O2. The van der Waals surface area contributed by atoms with Crippen LogP contribution in [0.15, 0.2) is 30.3 Å². The van der Waals surface area contributed by atoms with Crippen molar-refractivity contribution in [3.63, 3.8) is 0 Å². The molecule has 2 aromatic rings. The van der Waals surface area contributed by atoms with Crippen LogP contribution in [-0.4, -0.2) is 21.1 Å². The smallest absolute Gasteiger partial charge is 0.413 e. The molecule has 0 fully saturated rings. The van der Waals surface area contributed by atoms with Gasteiger partial charge in [-0.1, -0.05) is 35.5 Å². The maximum Gasteiger partial charge on any atom is 0.413 e. The lowest BCUT2D eigenvalue weighted by molar-refractivity contribution is 0.121. The predicted molar refractivity (Wildman–Crippen MR) is 78.7 cm³/mol. The van der Waals surface area contributed by atoms with Gasteiger partial charge in [-0.15, -0.1) is 5.10 Å². The molecule has 19 heavy (non-hydrogen) atoms. The van der Waals surface area contributed by atoms with Crippen molar-refractivity contribution in [1.82, 2.24) is 15.0 Å². The van der Waals surface area contributed by atoms with Gasteiger partial charge < -0.3 is 4.74 Å². The number of nitrogens with one attached hydrogen (secondary N) is 1. The van der Waals surface area contributed by atoms with Crippen LogP contribution in [0.25, 0.3) is 0 Å². The number of carbonyl (C=O) groups is 1. The molecule has 1 aromatic heterocycles. The van der Waals surface area contributed by atoms with Gasteiger partial charge in [-0.05, 0) is 35.1 Å². The van der Waals surface area contributed by atoms with Gasteiger partial charge in [0.2, 0.25) is 0 Å². The van der Waals surface area contributed by atoms with E-state index < -0.39 is 6.09 Å². The Morgan fingerprint density at radius 1 is 1.42 bits per heavy atom. The first-order chi connectivity index (χ1) is 9.08. The Morgan fingerprint density at radius 2 is 2.11 bits per heavy atom. The zero-order valence-electron chi connectivity index (χ0n) is 10.5. The molecule has 0 unspecified atom stereocenters. The summed E-state index contributed by atoms with van der Waals surface area (Å²) < 4.78 is 7.40. The van der Waals surface area contributed by atoms with Crippen molar-refractivity contribution in [2.45, 2.75) is 13.0 Å². The fourth-order valence-corrected chi connectivity index (χ4v) is 2.12. The molecule has 1 amide bonds. The molecule has 0 aliphatic heterocycles. The number of nitrogens with zero attached hydrogens (tertiary/aromatic N) is 3. The van der Waals surface area contributed by atoms with E-state index in [2.05, 4.69) is 15.6 Å². The van der Waals surface area contributed by atoms with Crippen molar-refractivity contribution in [2.24, 2.45) is 7.05 Å². The van der Waals surface area contributed by atoms with Crippen molar-refractivity contribution in [1.29, 1.82) is 0 Å². The third-order valence-corrected chi connectivity index (χ3v) is 3.29. The lowest BCUT2D eigenvalue weighted by Crippen LogP contribution is -2.18. The Labute approximate surface area is 124 Å². The Hall–Kier alpha value is -1.64. The van der Waals surface area contributed by atoms with E-state index in [1.54, 1.807) is 7.05 Å². The average Bonchev–Trinajstić information content (AvgIpc) is 2.71. The third-order valence-electron chi connectivity index (χ3n) is 2.56. The van der Waals surface area contributed by atoms with Crippen LogP contribution in [0.5, 0.6) is 0 Å². The normalized spacial score (nSPS) is 11.9. The van der Waals surface area contributed by atoms with Crippen LogP contribution in [0.3, 0.4) is 0 Å². The van der Waals surface area contributed by atoms with Crippen molar-refractivity contribution in [3.05, 3.63) is 39.6 Å². The SMILES string of the molecule is C[C@@H](OC(=O)Nc1c(I)nnn1C)c1ccccc1. The second kappa shape index (κ2) is 6.00. The number of carbonyl (C=O) groups excluding carboxylic acids is 1. The number of hydrogen-bond donors (Lipinski definition) is 1. The molecule has 100 valence electrons. The Kier molecular flexibility index (Phi) is 4.35. The third kappa shape index (κ3) is 3.43. The molecule has 6 nitrogen and oxygen atoms in total. The van der Waals surface area contributed by atoms with Gasteiger partial charge in [0, 0.05) is 7.05 Å². The maximum absolute atomic E-state index is 11.8. The average molecular weight is 372 g/mol. The molecule has 0 aliphatic carbocycles. The summed E-state index contributed by atoms with van der Waals surface area (Å²) in [5.41, 5.74) is 0.940. The largest absolute Gasteiger partial charge is 0.441 e. The standard InChI is InChI=1S/C12H13IN4O2/c1-8(9-6-4-3-5-7-9)19-12(18)14-11-10(13)15-16-17(11)2/h3-8H,1-2H3,(H,14,18)/t8-/m1/s1. The van der Waals surface area contributed by atoms with Gasteiger partial charge in [0.15, 0.2) is 9.52 Å². The van der Waals surface area contributed by atoms with E-state index in [0.29, 0.717) is 9.52 Å². The lowest BCUT2D eigenvalue weighted by atomic mass is 10.1. The first kappa shape index (κ1) is 13.8. The summed E-state index contributed by atoms with van der Waals surface area (Å²) in [6, 6.07) is 9.54. The van der Waals surface area contributed by atoms with E-state index in [-0.39, 0.29) is 6.10 Å². The topological polar surface area (TPSA) is 69.0 Å². The van der Waals surface area contributed by atoms with Gasteiger partial charge in [0.25, 0.3) is 0 Å². The van der Waals surface area contributed by atoms with E-state index in [1.807, 2.05) is 59.8 Å². The monoisotopic (exact) mass is 372 g/mol. The number of ether oxygens (including phenoxy) is 1. The van der Waals surface area contributed by atoms with E-state index >= 15 is 0 Å². The van der Waals surface area contributed by atoms with Crippen LogP contribution in [-0.2, 0) is 11.8 Å². The Bertz CT molecular complexity index is 551. The molecule has 0 radical (unpaired) electrons. The maximum atomic E-state index is 11.8. The minimum absolute atomic E-state index is 0.319. The summed E-state index contributed by atoms with van der Waals surface area (Å²) in [6.45, 7) is 1.82. The fourth-order valence-electron chi connectivity index (χ4n) is 1.54. The van der Waals surface area contributed by atoms with Crippen molar-refractivity contribution >= 4 is 34.5 Å². The van der Waals surface area contributed by atoms with Gasteiger partial charge in [0.05, 0.1) is 0 Å². The molecule has 2 rings (SSSR count). The summed E-state index contributed by atoms with van der Waals surface area (Å²) in [5.74, 6) is 0.519. The molecule has 0 bridgehead atoms. The Balaban J connectivity index is 1.99. The summed E-state index contributed by atoms with van der Waals surface area (Å²) >= 11 is 2.00. The minimum Gasteiger partial charge on any atom is -0.441 e. The number of aromatic nitrogens is 3. The predicted octanol–water partition coefficient (Wildman–Crippen LogP) is 2.73. The van der Waals surface area contributed by atoms with Crippen molar-refractivity contribution < 1.29 is 9.53 Å². The zero-order valence-corrected chi connectivity index (χ0v) is 12.7. The highest BCUT2D eigenvalue weighted by Gasteiger charge is 2.15. The highest BCUT2D eigenvalue weighted by atomic mass is 127. The molecule has 0 spiro atoms. The highest BCUT2D eigenvalue weighted by molar-refractivity contribution is 14.1. The number of benzene rings is 1. The van der Waals surface area contributed by atoms with E-state index in [1.165, 1.54) is 4.68 Å². The molecule has 0 saturated carbocycles. The summed E-state index contributed by atoms with van der Waals surface area (Å²) in [6.07, 6.45) is -0.847. The Morgan fingerprint density at radius 3 is 2.68 bits per heavy atom. The van der Waals surface area contributed by atoms with Crippen LogP contribution >= 0.6 is 22.6 Å². The number of amides is 1. The highest BCUT2D eigenvalue weighted by Crippen LogP contribution is 2.18. The molecule has 0 saturated heterocycles. The molecular weight excluding hydrogens is 359 g/mol. The molecule has 1 N–H and O–H groups in total. The van der Waals surface area contributed by atoms with Gasteiger partial charge in [-0.25, -0.2) is 9.48 Å². The zero-order chi connectivity index (χ0) is 13.8. The quantitative estimate of drug-likeness (QED) is 0.842. The van der Waals surface area contributed by atoms with Crippen LogP contribution in [0.1, 0.15) is 18.6 Å². The summed E-state index contributed by atoms with van der Waals surface area (Å²) in [4.78, 5) is 11.8. The number of halogens is 1.